The maximum atomic E-state index is 15.3. The number of halogens is 3. The lowest BCUT2D eigenvalue weighted by Crippen LogP contribution is -2.60. The lowest BCUT2D eigenvalue weighted by atomic mass is 9.80. The number of ether oxygens (including phenoxy) is 2. The Balaban J connectivity index is 2.45. The lowest BCUT2D eigenvalue weighted by Gasteiger charge is -2.44. The van der Waals surface area contributed by atoms with Gasteiger partial charge in [0.25, 0.3) is 5.92 Å². The lowest BCUT2D eigenvalue weighted by molar-refractivity contribution is -0.142. The normalized spacial score (nSPS) is 20.7. The van der Waals surface area contributed by atoms with Gasteiger partial charge in [0.15, 0.2) is 0 Å². The van der Waals surface area contributed by atoms with Gasteiger partial charge in [-0.2, -0.15) is 5.26 Å². The second-order valence-electron chi connectivity index (χ2n) is 6.00. The van der Waals surface area contributed by atoms with E-state index in [1.165, 1.54) is 0 Å². The fourth-order valence-corrected chi connectivity index (χ4v) is 4.60. The van der Waals surface area contributed by atoms with Crippen LogP contribution in [0.3, 0.4) is 0 Å². The van der Waals surface area contributed by atoms with E-state index in [9.17, 15) is 4.21 Å². The number of rotatable bonds is 9. The standard InChI is InChI=1S/C17H21BrF2N2O3S/c1-2-3-10-26(23)22-16(17(19,20)12-24-9-7-21)6-8-25-15-5-4-13(18)11-14(15)16/h4-5,11,22H,2-3,6,8-10,12H2,1H3/t16-,26-/m1/s1. The van der Waals surface area contributed by atoms with E-state index in [2.05, 4.69) is 20.7 Å². The van der Waals surface area contributed by atoms with Gasteiger partial charge >= 0.3 is 0 Å². The summed E-state index contributed by atoms with van der Waals surface area (Å²) in [7, 11) is -1.65. The van der Waals surface area contributed by atoms with Crippen LogP contribution in [0, 0.1) is 11.3 Å². The van der Waals surface area contributed by atoms with Crippen molar-refractivity contribution in [2.75, 3.05) is 25.6 Å². The maximum absolute atomic E-state index is 15.3. The van der Waals surface area contributed by atoms with E-state index in [0.717, 1.165) is 6.42 Å². The molecule has 5 nitrogen and oxygen atoms in total. The van der Waals surface area contributed by atoms with E-state index in [0.29, 0.717) is 16.6 Å². The molecule has 0 fully saturated rings. The topological polar surface area (TPSA) is 71.3 Å². The molecule has 26 heavy (non-hydrogen) atoms. The molecule has 0 aromatic heterocycles. The number of nitriles is 1. The molecular formula is C17H21BrF2N2O3S. The van der Waals surface area contributed by atoms with Crippen LogP contribution in [-0.4, -0.2) is 35.7 Å². The Hall–Kier alpha value is -1.08. The summed E-state index contributed by atoms with van der Waals surface area (Å²) >= 11 is 3.30. The molecule has 144 valence electrons. The number of nitrogens with zero attached hydrogens (tertiary/aromatic N) is 1. The molecule has 2 atom stereocenters. The van der Waals surface area contributed by atoms with Crippen molar-refractivity contribution in [3.63, 3.8) is 0 Å². The van der Waals surface area contributed by atoms with Crippen molar-refractivity contribution in [3.05, 3.63) is 28.2 Å². The van der Waals surface area contributed by atoms with E-state index < -0.39 is 35.7 Å². The average Bonchev–Trinajstić information content (AvgIpc) is 2.60. The van der Waals surface area contributed by atoms with Crippen molar-refractivity contribution in [2.45, 2.75) is 37.6 Å². The van der Waals surface area contributed by atoms with Crippen LogP contribution in [0.5, 0.6) is 5.75 Å². The van der Waals surface area contributed by atoms with E-state index >= 15 is 8.78 Å². The zero-order valence-electron chi connectivity index (χ0n) is 14.4. The minimum atomic E-state index is -3.40. The Bertz CT molecular complexity index is 699. The Morgan fingerprint density at radius 3 is 3.00 bits per heavy atom. The van der Waals surface area contributed by atoms with Crippen LogP contribution in [-0.2, 0) is 21.3 Å². The number of unbranched alkanes of at least 4 members (excludes halogenated alkanes) is 1. The van der Waals surface area contributed by atoms with Gasteiger partial charge in [-0.25, -0.2) is 17.7 Å². The Labute approximate surface area is 162 Å². The zero-order chi connectivity index (χ0) is 19.2. The average molecular weight is 451 g/mol. The number of benzene rings is 1. The molecule has 1 N–H and O–H groups in total. The molecule has 9 heteroatoms. The monoisotopic (exact) mass is 450 g/mol. The highest BCUT2D eigenvalue weighted by molar-refractivity contribution is 9.10. The first-order chi connectivity index (χ1) is 12.4. The third-order valence-electron chi connectivity index (χ3n) is 4.18. The molecule has 0 aliphatic carbocycles. The number of hydrogen-bond donors (Lipinski definition) is 1. The second kappa shape index (κ2) is 9.22. The van der Waals surface area contributed by atoms with Gasteiger partial charge in [0, 0.05) is 22.2 Å². The first kappa shape index (κ1) is 21.2. The van der Waals surface area contributed by atoms with Crippen LogP contribution in [0.25, 0.3) is 0 Å². The number of fused-ring (bicyclic) bond motifs is 1. The minimum Gasteiger partial charge on any atom is -0.493 e. The van der Waals surface area contributed by atoms with Gasteiger partial charge in [0.1, 0.15) is 24.5 Å². The minimum absolute atomic E-state index is 0.0560. The fourth-order valence-electron chi connectivity index (χ4n) is 2.84. The van der Waals surface area contributed by atoms with E-state index in [-0.39, 0.29) is 24.3 Å². The molecule has 2 rings (SSSR count). The van der Waals surface area contributed by atoms with Crippen LogP contribution in [0.4, 0.5) is 8.78 Å². The highest BCUT2D eigenvalue weighted by Gasteiger charge is 2.58. The quantitative estimate of drug-likeness (QED) is 0.582. The molecule has 0 amide bonds. The summed E-state index contributed by atoms with van der Waals surface area (Å²) in [4.78, 5) is 0. The van der Waals surface area contributed by atoms with Crippen LogP contribution in [0.1, 0.15) is 31.7 Å². The van der Waals surface area contributed by atoms with Crippen molar-refractivity contribution >= 4 is 26.9 Å². The van der Waals surface area contributed by atoms with Crippen LogP contribution >= 0.6 is 15.9 Å². The Kier molecular flexibility index (Phi) is 7.52. The van der Waals surface area contributed by atoms with Crippen molar-refractivity contribution in [1.82, 2.24) is 4.72 Å². The third kappa shape index (κ3) is 4.60. The summed E-state index contributed by atoms with van der Waals surface area (Å²) in [6.45, 7) is 0.607. The number of hydrogen-bond acceptors (Lipinski definition) is 4. The van der Waals surface area contributed by atoms with Crippen LogP contribution < -0.4 is 9.46 Å². The molecular weight excluding hydrogens is 430 g/mol. The van der Waals surface area contributed by atoms with Crippen molar-refractivity contribution in [3.8, 4) is 11.8 Å². The SMILES string of the molecule is CCCC[S@@](=O)N[C@]1(C(F)(F)COCC#N)CCOc2ccc(Br)cc21. The smallest absolute Gasteiger partial charge is 0.293 e. The summed E-state index contributed by atoms with van der Waals surface area (Å²) in [6, 6.07) is 6.55. The van der Waals surface area contributed by atoms with Gasteiger partial charge in [-0.3, -0.25) is 0 Å². The molecule has 0 spiro atoms. The predicted octanol–water partition coefficient (Wildman–Crippen LogP) is 3.66. The molecule has 0 radical (unpaired) electrons. The van der Waals surface area contributed by atoms with Crippen LogP contribution in [0.15, 0.2) is 22.7 Å². The molecule has 0 unspecified atom stereocenters. The number of alkyl halides is 2. The Morgan fingerprint density at radius 2 is 2.31 bits per heavy atom. The molecule has 1 aromatic carbocycles. The highest BCUT2D eigenvalue weighted by atomic mass is 79.9. The highest BCUT2D eigenvalue weighted by Crippen LogP contribution is 2.48. The van der Waals surface area contributed by atoms with Crippen molar-refractivity contribution in [2.24, 2.45) is 0 Å². The molecule has 1 aliphatic rings. The molecule has 1 aliphatic heterocycles. The van der Waals surface area contributed by atoms with Crippen LogP contribution in [0.2, 0.25) is 0 Å². The van der Waals surface area contributed by atoms with E-state index in [1.807, 2.05) is 6.92 Å². The molecule has 1 aromatic rings. The van der Waals surface area contributed by atoms with Gasteiger partial charge in [0.2, 0.25) is 0 Å². The first-order valence-corrected chi connectivity index (χ1v) is 10.4. The number of nitrogens with one attached hydrogen (secondary N) is 1. The first-order valence-electron chi connectivity index (χ1n) is 8.28. The summed E-state index contributed by atoms with van der Waals surface area (Å²) in [5, 5.41) is 8.56. The molecule has 0 saturated heterocycles. The van der Waals surface area contributed by atoms with Gasteiger partial charge < -0.3 is 9.47 Å². The van der Waals surface area contributed by atoms with Gasteiger partial charge in [-0.15, -0.1) is 0 Å². The van der Waals surface area contributed by atoms with Crippen molar-refractivity contribution < 1.29 is 22.5 Å². The summed E-state index contributed by atoms with van der Waals surface area (Å²) < 4.78 is 56.7. The van der Waals surface area contributed by atoms with Gasteiger partial charge in [0.05, 0.1) is 23.7 Å². The Morgan fingerprint density at radius 1 is 1.54 bits per heavy atom. The molecule has 0 saturated carbocycles. The maximum Gasteiger partial charge on any atom is 0.293 e. The third-order valence-corrected chi connectivity index (χ3v) is 5.91. The van der Waals surface area contributed by atoms with Crippen molar-refractivity contribution in [1.29, 1.82) is 5.26 Å². The fraction of sp³-hybridized carbons (Fsp3) is 0.588. The van der Waals surface area contributed by atoms with Gasteiger partial charge in [-0.05, 0) is 24.6 Å². The summed E-state index contributed by atoms with van der Waals surface area (Å²) in [5.74, 6) is -2.80. The summed E-state index contributed by atoms with van der Waals surface area (Å²) in [6.07, 6.45) is 1.40. The van der Waals surface area contributed by atoms with Gasteiger partial charge in [-0.1, -0.05) is 29.3 Å². The zero-order valence-corrected chi connectivity index (χ0v) is 16.8. The van der Waals surface area contributed by atoms with E-state index in [1.54, 1.807) is 24.3 Å². The predicted molar refractivity (Wildman–Crippen MR) is 98.4 cm³/mol. The largest absolute Gasteiger partial charge is 0.493 e. The second-order valence-corrected chi connectivity index (χ2v) is 8.22. The van der Waals surface area contributed by atoms with E-state index in [4.69, 9.17) is 14.7 Å². The molecule has 0 bridgehead atoms. The molecule has 1 heterocycles. The summed E-state index contributed by atoms with van der Waals surface area (Å²) in [5.41, 5.74) is -1.67.